The van der Waals surface area contributed by atoms with Crippen molar-refractivity contribution in [2.24, 2.45) is 0 Å². The third-order valence-electron chi connectivity index (χ3n) is 3.60. The average molecular weight is 318 g/mol. The third-order valence-corrected chi connectivity index (χ3v) is 4.67. The summed E-state index contributed by atoms with van der Waals surface area (Å²) >= 11 is 1.61. The Labute approximate surface area is 132 Å². The molecule has 22 heavy (non-hydrogen) atoms. The van der Waals surface area contributed by atoms with Gasteiger partial charge in [-0.2, -0.15) is 10.1 Å². The van der Waals surface area contributed by atoms with Crippen LogP contribution in [0.1, 0.15) is 36.8 Å². The molecule has 1 atom stereocenters. The largest absolute Gasteiger partial charge is 0.462 e. The minimum atomic E-state index is -0.300. The predicted molar refractivity (Wildman–Crippen MR) is 84.8 cm³/mol. The molecule has 0 saturated carbocycles. The zero-order chi connectivity index (χ0) is 15.7. The van der Waals surface area contributed by atoms with Crippen LogP contribution >= 0.6 is 11.3 Å². The van der Waals surface area contributed by atoms with E-state index in [1.807, 2.05) is 32.2 Å². The first-order valence-corrected chi connectivity index (χ1v) is 8.09. The maximum absolute atomic E-state index is 12.5. The van der Waals surface area contributed by atoms with Crippen LogP contribution in [0.4, 0.5) is 5.95 Å². The van der Waals surface area contributed by atoms with E-state index in [-0.39, 0.29) is 12.0 Å². The number of rotatable bonds is 4. The zero-order valence-electron chi connectivity index (χ0n) is 12.8. The molecule has 2 aromatic rings. The van der Waals surface area contributed by atoms with Gasteiger partial charge in [0.1, 0.15) is 12.4 Å². The van der Waals surface area contributed by atoms with Crippen molar-refractivity contribution in [3.8, 4) is 0 Å². The average Bonchev–Trinajstić information content (AvgIpc) is 3.11. The van der Waals surface area contributed by atoms with E-state index in [0.717, 1.165) is 22.6 Å². The van der Waals surface area contributed by atoms with Crippen molar-refractivity contribution in [3.63, 3.8) is 0 Å². The number of carbonyl (C=O) groups is 1. The Morgan fingerprint density at radius 3 is 3.00 bits per heavy atom. The molecule has 6 nitrogen and oxygen atoms in total. The van der Waals surface area contributed by atoms with Crippen LogP contribution in [0.25, 0.3) is 0 Å². The fraction of sp³-hybridized carbons (Fsp3) is 0.400. The number of hydrogen-bond donors (Lipinski definition) is 1. The minimum absolute atomic E-state index is 0.289. The van der Waals surface area contributed by atoms with Crippen LogP contribution in [0.2, 0.25) is 0 Å². The highest BCUT2D eigenvalue weighted by atomic mass is 32.1. The van der Waals surface area contributed by atoms with Gasteiger partial charge < -0.3 is 10.1 Å². The Morgan fingerprint density at radius 1 is 1.50 bits per heavy atom. The van der Waals surface area contributed by atoms with Gasteiger partial charge in [-0.05, 0) is 37.3 Å². The van der Waals surface area contributed by atoms with Crippen LogP contribution in [0, 0.1) is 6.92 Å². The summed E-state index contributed by atoms with van der Waals surface area (Å²) in [6.07, 6.45) is 2.29. The summed E-state index contributed by atoms with van der Waals surface area (Å²) in [5.74, 6) is 0.341. The molecule has 2 aromatic heterocycles. The van der Waals surface area contributed by atoms with Gasteiger partial charge in [-0.3, -0.25) is 0 Å². The molecule has 0 amide bonds. The molecule has 3 rings (SSSR count). The summed E-state index contributed by atoms with van der Waals surface area (Å²) in [4.78, 5) is 17.8. The summed E-state index contributed by atoms with van der Waals surface area (Å²) in [5, 5.41) is 9.44. The minimum Gasteiger partial charge on any atom is -0.462 e. The zero-order valence-corrected chi connectivity index (χ0v) is 13.6. The number of hydrogen-bond acceptors (Lipinski definition) is 6. The number of aryl methyl sites for hydroxylation is 1. The fourth-order valence-electron chi connectivity index (χ4n) is 2.53. The lowest BCUT2D eigenvalue weighted by Gasteiger charge is -2.27. The Kier molecular flexibility index (Phi) is 3.98. The molecular weight excluding hydrogens is 300 g/mol. The molecule has 7 heteroatoms. The van der Waals surface area contributed by atoms with Crippen LogP contribution in [0.15, 0.2) is 29.0 Å². The molecule has 0 radical (unpaired) electrons. The summed E-state index contributed by atoms with van der Waals surface area (Å²) in [7, 11) is 0. The molecule has 1 aliphatic rings. The monoisotopic (exact) mass is 318 g/mol. The molecule has 1 aliphatic heterocycles. The Balaban J connectivity index is 2.08. The predicted octanol–water partition coefficient (Wildman–Crippen LogP) is 2.89. The van der Waals surface area contributed by atoms with Gasteiger partial charge in [-0.15, -0.1) is 11.3 Å². The number of ether oxygens (including phenoxy) is 1. The smallest absolute Gasteiger partial charge is 0.338 e. The van der Waals surface area contributed by atoms with Crippen LogP contribution < -0.4 is 5.32 Å². The second-order valence-corrected chi connectivity index (χ2v) is 6.15. The van der Waals surface area contributed by atoms with Crippen molar-refractivity contribution in [2.45, 2.75) is 33.2 Å². The van der Waals surface area contributed by atoms with Crippen LogP contribution in [0.5, 0.6) is 0 Å². The quantitative estimate of drug-likeness (QED) is 0.878. The first-order chi connectivity index (χ1) is 10.6. The lowest BCUT2D eigenvalue weighted by Crippen LogP contribution is -2.29. The Morgan fingerprint density at radius 2 is 2.32 bits per heavy atom. The molecule has 0 spiro atoms. The number of anilines is 1. The summed E-state index contributed by atoms with van der Waals surface area (Å²) in [5.41, 5.74) is 2.49. The van der Waals surface area contributed by atoms with Gasteiger partial charge in [-0.1, -0.05) is 6.92 Å². The maximum Gasteiger partial charge on any atom is 0.338 e. The van der Waals surface area contributed by atoms with Gasteiger partial charge in [0.25, 0.3) is 0 Å². The SMILES string of the molecule is CCCOC(=O)C1=C(C)Nc2ncnn2C1c1sccc1C. The third kappa shape index (κ3) is 2.41. The fourth-order valence-corrected chi connectivity index (χ4v) is 3.55. The lowest BCUT2D eigenvalue weighted by atomic mass is 10.00. The molecule has 0 aliphatic carbocycles. The first-order valence-electron chi connectivity index (χ1n) is 7.22. The van der Waals surface area contributed by atoms with Gasteiger partial charge >= 0.3 is 5.97 Å². The number of fused-ring (bicyclic) bond motifs is 1. The van der Waals surface area contributed by atoms with E-state index in [2.05, 4.69) is 15.4 Å². The van der Waals surface area contributed by atoms with Crippen molar-refractivity contribution in [2.75, 3.05) is 11.9 Å². The highest BCUT2D eigenvalue weighted by Crippen LogP contribution is 2.38. The van der Waals surface area contributed by atoms with E-state index < -0.39 is 0 Å². The Bertz CT molecular complexity index is 731. The Hall–Kier alpha value is -2.15. The number of aromatic nitrogens is 3. The van der Waals surface area contributed by atoms with E-state index in [9.17, 15) is 4.79 Å². The number of carbonyl (C=O) groups excluding carboxylic acids is 1. The van der Waals surface area contributed by atoms with E-state index in [1.165, 1.54) is 6.33 Å². The molecule has 0 aromatic carbocycles. The van der Waals surface area contributed by atoms with Gasteiger partial charge in [0, 0.05) is 10.6 Å². The van der Waals surface area contributed by atoms with Crippen molar-refractivity contribution in [1.29, 1.82) is 0 Å². The second kappa shape index (κ2) is 5.92. The number of nitrogens with zero attached hydrogens (tertiary/aromatic N) is 3. The van der Waals surface area contributed by atoms with Crippen molar-refractivity contribution >= 4 is 23.3 Å². The van der Waals surface area contributed by atoms with Crippen LogP contribution in [0.3, 0.4) is 0 Å². The van der Waals surface area contributed by atoms with Crippen LogP contribution in [-0.4, -0.2) is 27.3 Å². The van der Waals surface area contributed by atoms with E-state index in [0.29, 0.717) is 18.1 Å². The standard InChI is InChI=1S/C15H18N4O2S/c1-4-6-21-14(20)11-10(3)18-15-16-8-17-19(15)12(11)13-9(2)5-7-22-13/h5,7-8,12H,4,6H2,1-3H3,(H,16,17,18). The second-order valence-electron chi connectivity index (χ2n) is 5.20. The van der Waals surface area contributed by atoms with Crippen molar-refractivity contribution < 1.29 is 9.53 Å². The van der Waals surface area contributed by atoms with Gasteiger partial charge in [0.2, 0.25) is 5.95 Å². The van der Waals surface area contributed by atoms with Crippen molar-refractivity contribution in [3.05, 3.63) is 39.5 Å². The summed E-state index contributed by atoms with van der Waals surface area (Å²) < 4.78 is 7.11. The molecule has 1 unspecified atom stereocenters. The topological polar surface area (TPSA) is 69.0 Å². The van der Waals surface area contributed by atoms with Gasteiger partial charge in [0.05, 0.1) is 12.2 Å². The molecule has 0 fully saturated rings. The number of thiophene rings is 1. The normalized spacial score (nSPS) is 17.1. The molecule has 3 heterocycles. The molecule has 116 valence electrons. The highest BCUT2D eigenvalue weighted by molar-refractivity contribution is 7.10. The number of allylic oxidation sites excluding steroid dienone is 1. The molecule has 0 saturated heterocycles. The molecule has 1 N–H and O–H groups in total. The summed E-state index contributed by atoms with van der Waals surface area (Å²) in [6.45, 7) is 6.30. The molecule has 0 bridgehead atoms. The summed E-state index contributed by atoms with van der Waals surface area (Å²) in [6, 6.07) is 1.76. The van der Waals surface area contributed by atoms with E-state index >= 15 is 0 Å². The maximum atomic E-state index is 12.5. The van der Waals surface area contributed by atoms with Crippen molar-refractivity contribution in [1.82, 2.24) is 14.8 Å². The number of esters is 1. The van der Waals surface area contributed by atoms with E-state index in [4.69, 9.17) is 4.74 Å². The highest BCUT2D eigenvalue weighted by Gasteiger charge is 2.35. The lowest BCUT2D eigenvalue weighted by molar-refractivity contribution is -0.139. The van der Waals surface area contributed by atoms with Crippen LogP contribution in [-0.2, 0) is 9.53 Å². The van der Waals surface area contributed by atoms with Gasteiger partial charge in [-0.25, -0.2) is 9.48 Å². The number of nitrogens with one attached hydrogen (secondary N) is 1. The van der Waals surface area contributed by atoms with E-state index in [1.54, 1.807) is 16.0 Å². The molecular formula is C15H18N4O2S. The van der Waals surface area contributed by atoms with Gasteiger partial charge in [0.15, 0.2) is 0 Å². The first kappa shape index (κ1) is 14.8.